The first kappa shape index (κ1) is 12.7. The van der Waals surface area contributed by atoms with Crippen LogP contribution in [0.4, 0.5) is 4.39 Å². The molecule has 0 unspecified atom stereocenters. The Bertz CT molecular complexity index is 527. The van der Waals surface area contributed by atoms with E-state index in [-0.39, 0.29) is 5.02 Å². The second-order valence-electron chi connectivity index (χ2n) is 3.67. The summed E-state index contributed by atoms with van der Waals surface area (Å²) in [6.07, 6.45) is 0. The third kappa shape index (κ3) is 2.74. The summed E-state index contributed by atoms with van der Waals surface area (Å²) in [5, 5.41) is 0.229. The average Bonchev–Trinajstić information content (AvgIpc) is 2.37. The molecule has 0 saturated carbocycles. The monoisotopic (exact) mass is 265 g/mol. The topological polar surface area (TPSA) is 18.5 Å². The summed E-state index contributed by atoms with van der Waals surface area (Å²) in [6, 6.07) is 10.7. The number of ether oxygens (including phenoxy) is 2. The van der Waals surface area contributed by atoms with E-state index >= 15 is 0 Å². The summed E-state index contributed by atoms with van der Waals surface area (Å²) in [4.78, 5) is 0. The molecule has 2 aromatic carbocycles. The van der Waals surface area contributed by atoms with E-state index in [0.717, 1.165) is 5.56 Å². The summed E-state index contributed by atoms with van der Waals surface area (Å²) >= 11 is 5.79. The SMILES string of the molecule is COc1cc(OC)cc(-c2cc(F)[c]c(Cl)c2)c1. The van der Waals surface area contributed by atoms with Crippen molar-refractivity contribution in [1.29, 1.82) is 0 Å². The fourth-order valence-corrected chi connectivity index (χ4v) is 1.85. The third-order valence-corrected chi connectivity index (χ3v) is 2.69. The van der Waals surface area contributed by atoms with Gasteiger partial charge in [-0.3, -0.25) is 0 Å². The zero-order valence-electron chi connectivity index (χ0n) is 9.96. The molecule has 0 fully saturated rings. The minimum absolute atomic E-state index is 0.229. The smallest absolute Gasteiger partial charge is 0.133 e. The second kappa shape index (κ2) is 5.27. The normalized spacial score (nSPS) is 10.2. The maximum atomic E-state index is 13.3. The van der Waals surface area contributed by atoms with Crippen molar-refractivity contribution in [2.24, 2.45) is 0 Å². The average molecular weight is 266 g/mol. The summed E-state index contributed by atoms with van der Waals surface area (Å²) < 4.78 is 23.6. The Hall–Kier alpha value is -1.74. The van der Waals surface area contributed by atoms with Crippen LogP contribution in [0.5, 0.6) is 11.5 Å². The van der Waals surface area contributed by atoms with Gasteiger partial charge in [0.2, 0.25) is 0 Å². The van der Waals surface area contributed by atoms with Gasteiger partial charge in [0.05, 0.1) is 19.2 Å². The lowest BCUT2D eigenvalue weighted by molar-refractivity contribution is 0.394. The Morgan fingerprint density at radius 1 is 0.944 bits per heavy atom. The number of hydrogen-bond acceptors (Lipinski definition) is 2. The van der Waals surface area contributed by atoms with Crippen LogP contribution in [-0.4, -0.2) is 14.2 Å². The van der Waals surface area contributed by atoms with E-state index in [0.29, 0.717) is 17.1 Å². The fourth-order valence-electron chi connectivity index (χ4n) is 1.64. The molecule has 0 amide bonds. The van der Waals surface area contributed by atoms with Gasteiger partial charge in [-0.2, -0.15) is 0 Å². The van der Waals surface area contributed by atoms with Crippen LogP contribution in [-0.2, 0) is 0 Å². The maximum Gasteiger partial charge on any atom is 0.133 e. The molecule has 0 aromatic heterocycles. The highest BCUT2D eigenvalue weighted by Gasteiger charge is 2.07. The zero-order chi connectivity index (χ0) is 13.1. The molecule has 0 aliphatic heterocycles. The van der Waals surface area contributed by atoms with E-state index in [4.69, 9.17) is 21.1 Å². The summed E-state index contributed by atoms with van der Waals surface area (Å²) in [5.41, 5.74) is 1.41. The minimum atomic E-state index is -0.501. The summed E-state index contributed by atoms with van der Waals surface area (Å²) in [5.74, 6) is 0.765. The molecule has 0 spiro atoms. The van der Waals surface area contributed by atoms with Crippen molar-refractivity contribution in [1.82, 2.24) is 0 Å². The first-order valence-corrected chi connectivity index (χ1v) is 5.62. The van der Waals surface area contributed by atoms with Crippen LogP contribution in [0.1, 0.15) is 0 Å². The summed E-state index contributed by atoms with van der Waals surface area (Å²) in [7, 11) is 3.12. The van der Waals surface area contributed by atoms with Gasteiger partial charge in [-0.25, -0.2) is 4.39 Å². The predicted molar refractivity (Wildman–Crippen MR) is 68.8 cm³/mol. The molecule has 4 heteroatoms. The number of halogens is 2. The highest BCUT2D eigenvalue weighted by atomic mass is 35.5. The van der Waals surface area contributed by atoms with Gasteiger partial charge in [0.15, 0.2) is 0 Å². The van der Waals surface area contributed by atoms with E-state index in [1.165, 1.54) is 6.07 Å². The molecule has 0 atom stereocenters. The first-order chi connectivity index (χ1) is 8.62. The van der Waals surface area contributed by atoms with Crippen molar-refractivity contribution in [3.63, 3.8) is 0 Å². The van der Waals surface area contributed by atoms with Crippen LogP contribution in [0, 0.1) is 11.9 Å². The van der Waals surface area contributed by atoms with Crippen molar-refractivity contribution in [3.8, 4) is 22.6 Å². The van der Waals surface area contributed by atoms with Gasteiger partial charge in [0, 0.05) is 12.1 Å². The highest BCUT2D eigenvalue weighted by Crippen LogP contribution is 2.31. The molecular formula is C14H11ClFO2. The quantitative estimate of drug-likeness (QED) is 0.836. The van der Waals surface area contributed by atoms with Gasteiger partial charge in [-0.1, -0.05) is 11.6 Å². The molecule has 93 valence electrons. The Labute approximate surface area is 110 Å². The van der Waals surface area contributed by atoms with E-state index in [2.05, 4.69) is 6.07 Å². The first-order valence-electron chi connectivity index (χ1n) is 5.24. The molecule has 0 N–H and O–H groups in total. The van der Waals surface area contributed by atoms with Crippen molar-refractivity contribution in [3.05, 3.63) is 47.2 Å². The Morgan fingerprint density at radius 3 is 2.00 bits per heavy atom. The van der Waals surface area contributed by atoms with Gasteiger partial charge < -0.3 is 9.47 Å². The van der Waals surface area contributed by atoms with Crippen molar-refractivity contribution >= 4 is 11.6 Å². The van der Waals surface area contributed by atoms with E-state index in [1.54, 1.807) is 38.5 Å². The van der Waals surface area contributed by atoms with Crippen LogP contribution in [0.15, 0.2) is 30.3 Å². The van der Waals surface area contributed by atoms with Crippen LogP contribution in [0.25, 0.3) is 11.1 Å². The molecule has 0 saturated heterocycles. The Kier molecular flexibility index (Phi) is 3.72. The van der Waals surface area contributed by atoms with Crippen LogP contribution in [0.2, 0.25) is 5.02 Å². The number of benzene rings is 2. The molecule has 2 nitrogen and oxygen atoms in total. The molecule has 0 aliphatic carbocycles. The number of hydrogen-bond donors (Lipinski definition) is 0. The molecular weight excluding hydrogens is 255 g/mol. The maximum absolute atomic E-state index is 13.3. The zero-order valence-corrected chi connectivity index (χ0v) is 10.7. The third-order valence-electron chi connectivity index (χ3n) is 2.49. The molecule has 2 aromatic rings. The number of rotatable bonds is 3. The van der Waals surface area contributed by atoms with Crippen molar-refractivity contribution in [2.75, 3.05) is 14.2 Å². The van der Waals surface area contributed by atoms with Crippen molar-refractivity contribution < 1.29 is 13.9 Å². The standard InChI is InChI=1S/C14H11ClFO2/c1-17-13-5-10(6-14(8-13)18-2)9-3-11(15)7-12(16)4-9/h3-6,8H,1-2H3. The highest BCUT2D eigenvalue weighted by molar-refractivity contribution is 6.30. The largest absolute Gasteiger partial charge is 0.497 e. The molecule has 0 aliphatic rings. The lowest BCUT2D eigenvalue weighted by atomic mass is 10.0. The van der Waals surface area contributed by atoms with E-state index < -0.39 is 5.82 Å². The van der Waals surface area contributed by atoms with Gasteiger partial charge in [-0.05, 0) is 35.4 Å². The van der Waals surface area contributed by atoms with E-state index in [1.807, 2.05) is 0 Å². The predicted octanol–water partition coefficient (Wildman–Crippen LogP) is 3.96. The van der Waals surface area contributed by atoms with Crippen LogP contribution >= 0.6 is 11.6 Å². The lowest BCUT2D eigenvalue weighted by Gasteiger charge is -2.09. The lowest BCUT2D eigenvalue weighted by Crippen LogP contribution is -1.89. The van der Waals surface area contributed by atoms with Gasteiger partial charge in [0.1, 0.15) is 17.3 Å². The van der Waals surface area contributed by atoms with Crippen LogP contribution < -0.4 is 9.47 Å². The van der Waals surface area contributed by atoms with Gasteiger partial charge >= 0.3 is 0 Å². The van der Waals surface area contributed by atoms with E-state index in [9.17, 15) is 4.39 Å². The number of methoxy groups -OCH3 is 2. The van der Waals surface area contributed by atoms with Crippen LogP contribution in [0.3, 0.4) is 0 Å². The van der Waals surface area contributed by atoms with Gasteiger partial charge in [0.25, 0.3) is 0 Å². The molecule has 18 heavy (non-hydrogen) atoms. The second-order valence-corrected chi connectivity index (χ2v) is 4.07. The van der Waals surface area contributed by atoms with Crippen molar-refractivity contribution in [2.45, 2.75) is 0 Å². The Balaban J connectivity index is 2.55. The molecule has 1 radical (unpaired) electrons. The molecule has 2 rings (SSSR count). The summed E-state index contributed by atoms with van der Waals surface area (Å²) in [6.45, 7) is 0. The molecule has 0 bridgehead atoms. The minimum Gasteiger partial charge on any atom is -0.497 e. The Morgan fingerprint density at radius 2 is 1.50 bits per heavy atom. The van der Waals surface area contributed by atoms with Gasteiger partial charge in [-0.15, -0.1) is 0 Å². The molecule has 0 heterocycles. The fraction of sp³-hybridized carbons (Fsp3) is 0.143.